The van der Waals surface area contributed by atoms with Crippen LogP contribution >= 0.6 is 0 Å². The molecule has 19 heavy (non-hydrogen) atoms. The lowest BCUT2D eigenvalue weighted by atomic mass is 9.52. The van der Waals surface area contributed by atoms with Gasteiger partial charge in [0.2, 0.25) is 0 Å². The Morgan fingerprint density at radius 1 is 1.05 bits per heavy atom. The number of rotatable bonds is 2. The summed E-state index contributed by atoms with van der Waals surface area (Å²) in [5, 5.41) is 0. The van der Waals surface area contributed by atoms with Crippen molar-refractivity contribution in [1.82, 2.24) is 9.55 Å². The molecule has 4 saturated carbocycles. The minimum atomic E-state index is 0.863. The minimum absolute atomic E-state index is 0.863. The third-order valence-corrected chi connectivity index (χ3v) is 6.20. The molecule has 3 heteroatoms. The lowest BCUT2D eigenvalue weighted by molar-refractivity contribution is -0.0429. The van der Waals surface area contributed by atoms with Gasteiger partial charge in [0.25, 0.3) is 0 Å². The smallest absolute Gasteiger partial charge is 0.126 e. The van der Waals surface area contributed by atoms with Crippen molar-refractivity contribution < 1.29 is 0 Å². The molecule has 0 atom stereocenters. The lowest BCUT2D eigenvalue weighted by Gasteiger charge is -2.54. The van der Waals surface area contributed by atoms with Crippen LogP contribution in [0.25, 0.3) is 0 Å². The van der Waals surface area contributed by atoms with E-state index in [9.17, 15) is 0 Å². The minimum Gasteiger partial charge on any atom is -0.384 e. The van der Waals surface area contributed by atoms with Crippen molar-refractivity contribution in [2.75, 3.05) is 5.73 Å². The van der Waals surface area contributed by atoms with Crippen molar-refractivity contribution in [3.63, 3.8) is 0 Å². The summed E-state index contributed by atoms with van der Waals surface area (Å²) < 4.78 is 2.28. The monoisotopic (exact) mass is 259 g/mol. The second kappa shape index (κ2) is 4.00. The van der Waals surface area contributed by atoms with E-state index in [1.807, 2.05) is 6.92 Å². The van der Waals surface area contributed by atoms with E-state index in [0.29, 0.717) is 0 Å². The molecule has 4 aliphatic rings. The molecule has 0 amide bonds. The Balaban J connectivity index is 1.60. The molecule has 1 aromatic rings. The van der Waals surface area contributed by atoms with Gasteiger partial charge in [-0.15, -0.1) is 0 Å². The summed E-state index contributed by atoms with van der Waals surface area (Å²) in [6.07, 6.45) is 7.49. The molecule has 4 bridgehead atoms. The van der Waals surface area contributed by atoms with Crippen LogP contribution in [0.15, 0.2) is 0 Å². The molecule has 4 fully saturated rings. The lowest BCUT2D eigenvalue weighted by Crippen LogP contribution is -2.46. The van der Waals surface area contributed by atoms with Crippen molar-refractivity contribution in [3.05, 3.63) is 11.5 Å². The van der Waals surface area contributed by atoms with Gasteiger partial charge in [-0.3, -0.25) is 0 Å². The topological polar surface area (TPSA) is 43.8 Å². The van der Waals surface area contributed by atoms with Gasteiger partial charge in [0.05, 0.1) is 5.69 Å². The zero-order chi connectivity index (χ0) is 13.1. The molecule has 2 N–H and O–H groups in total. The maximum absolute atomic E-state index is 6.21. The van der Waals surface area contributed by atoms with Gasteiger partial charge in [-0.1, -0.05) is 0 Å². The molecule has 1 heterocycles. The highest BCUT2D eigenvalue weighted by atomic mass is 15.1. The summed E-state index contributed by atoms with van der Waals surface area (Å²) >= 11 is 0. The van der Waals surface area contributed by atoms with Crippen LogP contribution in [0.5, 0.6) is 0 Å². The Bertz CT molecular complexity index is 474. The largest absolute Gasteiger partial charge is 0.384 e. The van der Waals surface area contributed by atoms with Gasteiger partial charge in [0, 0.05) is 6.54 Å². The molecular formula is C16H25N3. The highest BCUT2D eigenvalue weighted by Crippen LogP contribution is 2.57. The first kappa shape index (κ1) is 11.8. The summed E-state index contributed by atoms with van der Waals surface area (Å²) in [4.78, 5) is 4.53. The molecule has 0 saturated heterocycles. The van der Waals surface area contributed by atoms with Crippen LogP contribution in [0, 0.1) is 43.4 Å². The van der Waals surface area contributed by atoms with Gasteiger partial charge >= 0.3 is 0 Å². The van der Waals surface area contributed by atoms with Gasteiger partial charge in [-0.25, -0.2) is 4.98 Å². The molecule has 104 valence electrons. The Morgan fingerprint density at radius 3 is 2.11 bits per heavy atom. The summed E-state index contributed by atoms with van der Waals surface area (Å²) in [5.41, 5.74) is 7.21. The number of imidazole rings is 1. The van der Waals surface area contributed by atoms with Crippen LogP contribution in [-0.2, 0) is 6.54 Å². The molecule has 0 radical (unpaired) electrons. The van der Waals surface area contributed by atoms with Crippen LogP contribution in [0.2, 0.25) is 0 Å². The zero-order valence-electron chi connectivity index (χ0n) is 12.1. The van der Waals surface area contributed by atoms with Crippen molar-refractivity contribution in [1.29, 1.82) is 0 Å². The number of aryl methyl sites for hydroxylation is 2. The quantitative estimate of drug-likeness (QED) is 0.886. The third-order valence-electron chi connectivity index (χ3n) is 6.20. The van der Waals surface area contributed by atoms with Crippen molar-refractivity contribution >= 4 is 5.82 Å². The van der Waals surface area contributed by atoms with Crippen LogP contribution in [0.4, 0.5) is 5.82 Å². The third kappa shape index (κ3) is 1.73. The first-order valence-electron chi connectivity index (χ1n) is 7.91. The maximum Gasteiger partial charge on any atom is 0.126 e. The van der Waals surface area contributed by atoms with E-state index in [0.717, 1.165) is 53.5 Å². The van der Waals surface area contributed by atoms with E-state index >= 15 is 0 Å². The Kier molecular flexibility index (Phi) is 2.49. The van der Waals surface area contributed by atoms with E-state index < -0.39 is 0 Å². The van der Waals surface area contributed by atoms with Crippen LogP contribution in [0.3, 0.4) is 0 Å². The SMILES string of the molecule is Cc1nc(C)n(CC2C3CC4CC(C3)CC2C4)c1N. The Morgan fingerprint density at radius 2 is 1.63 bits per heavy atom. The molecule has 3 nitrogen and oxygen atoms in total. The summed E-state index contributed by atoms with van der Waals surface area (Å²) in [5.74, 6) is 6.91. The van der Waals surface area contributed by atoms with E-state index in [1.165, 1.54) is 32.1 Å². The predicted octanol–water partition coefficient (Wildman–Crippen LogP) is 3.15. The van der Waals surface area contributed by atoms with Crippen molar-refractivity contribution in [2.24, 2.45) is 29.6 Å². The summed E-state index contributed by atoms with van der Waals surface area (Å²) in [6, 6.07) is 0. The fraction of sp³-hybridized carbons (Fsp3) is 0.812. The molecule has 0 aliphatic heterocycles. The molecule has 0 spiro atoms. The highest BCUT2D eigenvalue weighted by molar-refractivity contribution is 5.37. The van der Waals surface area contributed by atoms with Gasteiger partial charge < -0.3 is 10.3 Å². The van der Waals surface area contributed by atoms with E-state index in [-0.39, 0.29) is 0 Å². The number of aromatic nitrogens is 2. The second-order valence-corrected chi connectivity index (χ2v) is 7.33. The average Bonchev–Trinajstić information content (AvgIpc) is 2.58. The maximum atomic E-state index is 6.21. The average molecular weight is 259 g/mol. The molecule has 5 rings (SSSR count). The van der Waals surface area contributed by atoms with Crippen molar-refractivity contribution in [2.45, 2.75) is 52.5 Å². The van der Waals surface area contributed by atoms with Crippen molar-refractivity contribution in [3.8, 4) is 0 Å². The molecule has 4 aliphatic carbocycles. The van der Waals surface area contributed by atoms with Gasteiger partial charge in [0.15, 0.2) is 0 Å². The second-order valence-electron chi connectivity index (χ2n) is 7.33. The zero-order valence-corrected chi connectivity index (χ0v) is 12.1. The van der Waals surface area contributed by atoms with Crippen LogP contribution in [-0.4, -0.2) is 9.55 Å². The fourth-order valence-electron chi connectivity index (χ4n) is 5.51. The fourth-order valence-corrected chi connectivity index (χ4v) is 5.51. The number of nitrogen functional groups attached to an aromatic ring is 1. The van der Waals surface area contributed by atoms with Crippen LogP contribution in [0.1, 0.15) is 43.6 Å². The van der Waals surface area contributed by atoms with E-state index in [4.69, 9.17) is 5.73 Å². The first-order chi connectivity index (χ1) is 9.11. The molecule has 1 aromatic heterocycles. The predicted molar refractivity (Wildman–Crippen MR) is 76.6 cm³/mol. The normalized spacial score (nSPS) is 40.0. The molecule has 0 aromatic carbocycles. The van der Waals surface area contributed by atoms with Crippen LogP contribution < -0.4 is 5.73 Å². The molecular weight excluding hydrogens is 234 g/mol. The van der Waals surface area contributed by atoms with Gasteiger partial charge in [0.1, 0.15) is 11.6 Å². The summed E-state index contributed by atoms with van der Waals surface area (Å²) in [6.45, 7) is 5.24. The number of nitrogens with zero attached hydrogens (tertiary/aromatic N) is 2. The number of hydrogen-bond acceptors (Lipinski definition) is 2. The standard InChI is InChI=1S/C16H25N3/c1-9-16(17)19(10(2)18-9)8-15-13-4-11-3-12(6-13)7-14(15)5-11/h11-15H,3-8,17H2,1-2H3. The van der Waals surface area contributed by atoms with Gasteiger partial charge in [-0.05, 0) is 75.5 Å². The van der Waals surface area contributed by atoms with Gasteiger partial charge in [-0.2, -0.15) is 0 Å². The molecule has 0 unspecified atom stereocenters. The Labute approximate surface area is 115 Å². The number of hydrogen-bond donors (Lipinski definition) is 1. The summed E-state index contributed by atoms with van der Waals surface area (Å²) in [7, 11) is 0. The Hall–Kier alpha value is -0.990. The number of nitrogens with two attached hydrogens (primary N) is 1. The number of anilines is 1. The van der Waals surface area contributed by atoms with E-state index in [1.54, 1.807) is 0 Å². The highest BCUT2D eigenvalue weighted by Gasteiger charge is 2.48. The van der Waals surface area contributed by atoms with E-state index in [2.05, 4.69) is 16.5 Å². The first-order valence-corrected chi connectivity index (χ1v) is 7.91.